The second-order valence-corrected chi connectivity index (χ2v) is 8.62. The number of ether oxygens (including phenoxy) is 1. The average molecular weight is 515 g/mol. The highest BCUT2D eigenvalue weighted by Crippen LogP contribution is 2.31. The van der Waals surface area contributed by atoms with Crippen molar-refractivity contribution in [2.75, 3.05) is 45.1 Å². The molecule has 0 saturated carbocycles. The van der Waals surface area contributed by atoms with Gasteiger partial charge in [0.25, 0.3) is 0 Å². The Kier molecular flexibility index (Phi) is 8.09. The van der Waals surface area contributed by atoms with Crippen molar-refractivity contribution in [1.29, 1.82) is 0 Å². The molecule has 9 nitrogen and oxygen atoms in total. The van der Waals surface area contributed by atoms with E-state index in [1.807, 2.05) is 11.9 Å². The number of nitrogens with one attached hydrogen (secondary N) is 1. The van der Waals surface area contributed by atoms with E-state index in [0.29, 0.717) is 24.5 Å². The number of carbonyl (C=O) groups is 2. The highest BCUT2D eigenvalue weighted by atomic mass is 19.4. The topological polar surface area (TPSA) is 101 Å². The molecule has 1 aliphatic rings. The van der Waals surface area contributed by atoms with E-state index in [9.17, 15) is 22.8 Å². The predicted molar refractivity (Wildman–Crippen MR) is 129 cm³/mol. The van der Waals surface area contributed by atoms with Gasteiger partial charge in [-0.3, -0.25) is 29.4 Å². The predicted octanol–water partition coefficient (Wildman–Crippen LogP) is 3.05. The van der Waals surface area contributed by atoms with Gasteiger partial charge in [0.2, 0.25) is 5.91 Å². The van der Waals surface area contributed by atoms with Crippen LogP contribution in [0.1, 0.15) is 16.1 Å². The largest absolute Gasteiger partial charge is 0.573 e. The maximum atomic E-state index is 12.9. The standard InChI is InChI=1S/C25H25F3N6O3/c1-33-8-10-34(11-9-33)16-24(36)32-20-12-18(2-3-23(20)37-25(26,27)28)22(35)13-19-14-31-21(15-30-19)17-4-6-29-7-5-17/h2-7,12,14-15H,8-11,13,16H2,1H3,(H,32,36). The summed E-state index contributed by atoms with van der Waals surface area (Å²) in [6.45, 7) is 2.90. The van der Waals surface area contributed by atoms with Crippen molar-refractivity contribution in [1.82, 2.24) is 24.8 Å². The van der Waals surface area contributed by atoms with Gasteiger partial charge in [0, 0.05) is 55.9 Å². The number of piperazine rings is 1. The summed E-state index contributed by atoms with van der Waals surface area (Å²) in [4.78, 5) is 42.0. The lowest BCUT2D eigenvalue weighted by Gasteiger charge is -2.31. The number of benzene rings is 1. The highest BCUT2D eigenvalue weighted by molar-refractivity contribution is 6.00. The Morgan fingerprint density at radius 2 is 1.76 bits per heavy atom. The fourth-order valence-electron chi connectivity index (χ4n) is 3.80. The summed E-state index contributed by atoms with van der Waals surface area (Å²) >= 11 is 0. The molecule has 0 spiro atoms. The van der Waals surface area contributed by atoms with Crippen molar-refractivity contribution in [2.24, 2.45) is 0 Å². The summed E-state index contributed by atoms with van der Waals surface area (Å²) in [7, 11) is 1.97. The third kappa shape index (κ3) is 7.54. The van der Waals surface area contributed by atoms with Crippen molar-refractivity contribution in [3.63, 3.8) is 0 Å². The van der Waals surface area contributed by atoms with Crippen LogP contribution in [0.4, 0.5) is 18.9 Å². The van der Waals surface area contributed by atoms with E-state index in [1.54, 1.807) is 24.5 Å². The molecule has 1 saturated heterocycles. The van der Waals surface area contributed by atoms with E-state index >= 15 is 0 Å². The minimum atomic E-state index is -4.96. The van der Waals surface area contributed by atoms with E-state index in [-0.39, 0.29) is 24.2 Å². The molecule has 1 aliphatic heterocycles. The van der Waals surface area contributed by atoms with Gasteiger partial charge in [0.15, 0.2) is 11.5 Å². The molecule has 0 atom stereocenters. The number of likely N-dealkylation sites (N-methyl/N-ethyl adjacent to an activating group) is 1. The van der Waals surface area contributed by atoms with Crippen LogP contribution in [0.3, 0.4) is 0 Å². The molecule has 0 bridgehead atoms. The molecule has 1 fully saturated rings. The molecule has 1 aromatic carbocycles. The number of pyridine rings is 1. The zero-order valence-corrected chi connectivity index (χ0v) is 20.0. The van der Waals surface area contributed by atoms with Gasteiger partial charge in [-0.1, -0.05) is 0 Å². The molecule has 4 rings (SSSR count). The van der Waals surface area contributed by atoms with Crippen LogP contribution in [0.25, 0.3) is 11.3 Å². The molecule has 1 amide bonds. The van der Waals surface area contributed by atoms with Gasteiger partial charge in [-0.15, -0.1) is 13.2 Å². The van der Waals surface area contributed by atoms with Gasteiger partial charge in [-0.05, 0) is 37.4 Å². The third-order valence-electron chi connectivity index (χ3n) is 5.79. The van der Waals surface area contributed by atoms with Crippen LogP contribution in [0, 0.1) is 0 Å². The molecule has 0 unspecified atom stereocenters. The first-order valence-electron chi connectivity index (χ1n) is 11.5. The maximum Gasteiger partial charge on any atom is 0.573 e. The number of hydrogen-bond acceptors (Lipinski definition) is 8. The Hall–Kier alpha value is -3.90. The van der Waals surface area contributed by atoms with Gasteiger partial charge in [0.05, 0.1) is 36.2 Å². The summed E-state index contributed by atoms with van der Waals surface area (Å²) in [5, 5.41) is 2.47. The van der Waals surface area contributed by atoms with Crippen molar-refractivity contribution >= 4 is 17.4 Å². The molecule has 12 heteroatoms. The molecule has 0 aliphatic carbocycles. The first-order valence-corrected chi connectivity index (χ1v) is 11.5. The second-order valence-electron chi connectivity index (χ2n) is 8.62. The Balaban J connectivity index is 1.47. The number of nitrogens with zero attached hydrogens (tertiary/aromatic N) is 5. The Morgan fingerprint density at radius 1 is 1.03 bits per heavy atom. The minimum Gasteiger partial charge on any atom is -0.404 e. The van der Waals surface area contributed by atoms with Crippen molar-refractivity contribution < 1.29 is 27.5 Å². The molecule has 3 heterocycles. The van der Waals surface area contributed by atoms with Crippen LogP contribution < -0.4 is 10.1 Å². The van der Waals surface area contributed by atoms with Gasteiger partial charge in [-0.2, -0.15) is 0 Å². The number of ketones is 1. The number of aromatic nitrogens is 3. The van der Waals surface area contributed by atoms with E-state index in [2.05, 4.69) is 29.9 Å². The van der Waals surface area contributed by atoms with Crippen LogP contribution in [0.5, 0.6) is 5.75 Å². The lowest BCUT2D eigenvalue weighted by atomic mass is 10.1. The number of carbonyl (C=O) groups excluding carboxylic acids is 2. The van der Waals surface area contributed by atoms with Crippen molar-refractivity contribution in [2.45, 2.75) is 12.8 Å². The fourth-order valence-corrected chi connectivity index (χ4v) is 3.80. The number of halogens is 3. The monoisotopic (exact) mass is 514 g/mol. The van der Waals surface area contributed by atoms with E-state index < -0.39 is 23.8 Å². The second kappa shape index (κ2) is 11.4. The Labute approximate surface area is 211 Å². The maximum absolute atomic E-state index is 12.9. The summed E-state index contributed by atoms with van der Waals surface area (Å²) in [6, 6.07) is 6.98. The average Bonchev–Trinajstić information content (AvgIpc) is 2.86. The Morgan fingerprint density at radius 3 is 2.41 bits per heavy atom. The molecule has 3 aromatic rings. The summed E-state index contributed by atoms with van der Waals surface area (Å²) < 4.78 is 42.9. The summed E-state index contributed by atoms with van der Waals surface area (Å²) in [6.07, 6.45) is 1.16. The molecular formula is C25H25F3N6O3. The molecule has 1 N–H and O–H groups in total. The lowest BCUT2D eigenvalue weighted by Crippen LogP contribution is -2.47. The molecule has 0 radical (unpaired) electrons. The van der Waals surface area contributed by atoms with Crippen molar-refractivity contribution in [3.8, 4) is 17.0 Å². The zero-order valence-electron chi connectivity index (χ0n) is 20.0. The minimum absolute atomic E-state index is 0.0108. The number of Topliss-reactive ketones (excluding diaryl/α,β-unsaturated/α-hetero) is 1. The fraction of sp³-hybridized carbons (Fsp3) is 0.320. The molecule has 194 valence electrons. The van der Waals surface area contributed by atoms with Crippen LogP contribution in [-0.4, -0.2) is 82.6 Å². The summed E-state index contributed by atoms with van der Waals surface area (Å²) in [5.41, 5.74) is 1.68. The van der Waals surface area contributed by atoms with Gasteiger partial charge >= 0.3 is 6.36 Å². The first-order chi connectivity index (χ1) is 17.7. The van der Waals surface area contributed by atoms with Crippen LogP contribution in [0.15, 0.2) is 55.1 Å². The summed E-state index contributed by atoms with van der Waals surface area (Å²) in [5.74, 6) is -1.50. The number of alkyl halides is 3. The molecule has 37 heavy (non-hydrogen) atoms. The number of rotatable bonds is 8. The van der Waals surface area contributed by atoms with Crippen LogP contribution >= 0.6 is 0 Å². The smallest absolute Gasteiger partial charge is 0.404 e. The van der Waals surface area contributed by atoms with Gasteiger partial charge in [0.1, 0.15) is 0 Å². The van der Waals surface area contributed by atoms with Crippen molar-refractivity contribution in [3.05, 3.63) is 66.4 Å². The molecule has 2 aromatic heterocycles. The van der Waals surface area contributed by atoms with E-state index in [0.717, 1.165) is 24.7 Å². The van der Waals surface area contributed by atoms with Gasteiger partial charge in [-0.25, -0.2) is 0 Å². The normalized spacial score (nSPS) is 14.8. The van der Waals surface area contributed by atoms with E-state index in [1.165, 1.54) is 24.5 Å². The SMILES string of the molecule is CN1CCN(CC(=O)Nc2cc(C(=O)Cc3cnc(-c4ccncc4)cn3)ccc2OC(F)(F)F)CC1. The number of hydrogen-bond donors (Lipinski definition) is 1. The van der Waals surface area contributed by atoms with Gasteiger partial charge < -0.3 is 15.0 Å². The highest BCUT2D eigenvalue weighted by Gasteiger charge is 2.32. The van der Waals surface area contributed by atoms with Crippen LogP contribution in [-0.2, 0) is 11.2 Å². The third-order valence-corrected chi connectivity index (χ3v) is 5.79. The molecular weight excluding hydrogens is 489 g/mol. The Bertz CT molecular complexity index is 1230. The van der Waals surface area contributed by atoms with Crippen LogP contribution in [0.2, 0.25) is 0 Å². The number of anilines is 1. The zero-order chi connectivity index (χ0) is 26.4. The lowest BCUT2D eigenvalue weighted by molar-refractivity contribution is -0.274. The van der Waals surface area contributed by atoms with E-state index in [4.69, 9.17) is 0 Å². The number of amides is 1. The quantitative estimate of drug-likeness (QED) is 0.458. The first kappa shape index (κ1) is 26.2.